The molecule has 0 aliphatic heterocycles. The van der Waals surface area contributed by atoms with E-state index < -0.39 is 0 Å². The van der Waals surface area contributed by atoms with Crippen LogP contribution in [-0.4, -0.2) is 18.9 Å². The summed E-state index contributed by atoms with van der Waals surface area (Å²) < 4.78 is 4.63. The Bertz CT molecular complexity index is 98.6. The minimum absolute atomic E-state index is 0.238. The second kappa shape index (κ2) is 4.30. The van der Waals surface area contributed by atoms with Gasteiger partial charge in [0.25, 0.3) is 0 Å². The molecule has 0 aliphatic carbocycles. The number of hydrogen-bond donors (Lipinski definition) is 0. The molecule has 0 heterocycles. The molecule has 8 heavy (non-hydrogen) atoms. The largest absolute Gasteiger partial charge is 0.483 e. The van der Waals surface area contributed by atoms with E-state index in [9.17, 15) is 4.79 Å². The molecule has 0 saturated carbocycles. The van der Waals surface area contributed by atoms with E-state index in [0.29, 0.717) is 6.61 Å². The number of hydrogen-bond acceptors (Lipinski definition) is 2. The van der Waals surface area contributed by atoms with Gasteiger partial charge in [0.1, 0.15) is 0 Å². The highest BCUT2D eigenvalue weighted by Crippen LogP contribution is 1.69. The fourth-order valence-corrected chi connectivity index (χ4v) is 0.186. The van der Waals surface area contributed by atoms with Crippen LogP contribution in [0.15, 0.2) is 4.99 Å². The van der Waals surface area contributed by atoms with Crippen molar-refractivity contribution in [3.8, 4) is 0 Å². The number of carbonyl (C=O) groups is 1. The van der Waals surface area contributed by atoms with E-state index in [1.54, 1.807) is 0 Å². The van der Waals surface area contributed by atoms with Gasteiger partial charge in [-0.2, -0.15) is 4.99 Å². The van der Waals surface area contributed by atoms with E-state index in [1.807, 2.05) is 6.92 Å². The lowest BCUT2D eigenvalue weighted by atomic mass is 10.8. The van der Waals surface area contributed by atoms with Gasteiger partial charge in [-0.15, -0.1) is 0 Å². The van der Waals surface area contributed by atoms with E-state index >= 15 is 0 Å². The summed E-state index contributed by atoms with van der Waals surface area (Å²) in [5, 5.41) is 0. The van der Waals surface area contributed by atoms with E-state index in [4.69, 9.17) is 0 Å². The van der Waals surface area contributed by atoms with E-state index in [1.165, 1.54) is 6.92 Å². The van der Waals surface area contributed by atoms with Crippen LogP contribution in [0.5, 0.6) is 0 Å². The molecule has 0 aromatic carbocycles. The summed E-state index contributed by atoms with van der Waals surface area (Å²) in [7, 11) is 0. The van der Waals surface area contributed by atoms with Crippen LogP contribution >= 0.6 is 0 Å². The Kier molecular flexibility index (Phi) is 3.84. The van der Waals surface area contributed by atoms with Crippen molar-refractivity contribution in [3.63, 3.8) is 0 Å². The first kappa shape index (κ1) is 7.14. The fraction of sp³-hybridized carbons (Fsp3) is 0.600. The lowest BCUT2D eigenvalue weighted by Gasteiger charge is -1.87. The number of ether oxygens (including phenoxy) is 1. The molecule has 0 N–H and O–H groups in total. The van der Waals surface area contributed by atoms with E-state index in [0.717, 1.165) is 6.40 Å². The molecule has 0 bridgehead atoms. The van der Waals surface area contributed by atoms with Gasteiger partial charge in [0.2, 0.25) is 5.91 Å². The number of nitrogens with zero attached hydrogens (tertiary/aromatic N) is 1. The fourth-order valence-electron chi connectivity index (χ4n) is 0.186. The molecule has 0 spiro atoms. The third-order valence-electron chi connectivity index (χ3n) is 0.476. The number of amides is 1. The quantitative estimate of drug-likeness (QED) is 0.390. The molecule has 0 unspecified atom stereocenters. The van der Waals surface area contributed by atoms with Crippen molar-refractivity contribution in [2.45, 2.75) is 13.8 Å². The first-order chi connectivity index (χ1) is 3.77. The maximum absolute atomic E-state index is 10.0. The lowest BCUT2D eigenvalue weighted by molar-refractivity contribution is -0.115. The highest BCUT2D eigenvalue weighted by molar-refractivity contribution is 5.80. The number of rotatable bonds is 2. The molecule has 0 atom stereocenters. The molecule has 1 amide bonds. The highest BCUT2D eigenvalue weighted by atomic mass is 16.5. The molecule has 3 nitrogen and oxygen atoms in total. The highest BCUT2D eigenvalue weighted by Gasteiger charge is 1.78. The summed E-state index contributed by atoms with van der Waals surface area (Å²) in [6.07, 6.45) is 1.16. The smallest absolute Gasteiger partial charge is 0.245 e. The van der Waals surface area contributed by atoms with Gasteiger partial charge in [-0.25, -0.2) is 0 Å². The first-order valence-corrected chi connectivity index (χ1v) is 2.42. The van der Waals surface area contributed by atoms with Crippen molar-refractivity contribution in [1.29, 1.82) is 0 Å². The van der Waals surface area contributed by atoms with E-state index in [2.05, 4.69) is 9.73 Å². The topological polar surface area (TPSA) is 38.7 Å². The van der Waals surface area contributed by atoms with Gasteiger partial charge in [0, 0.05) is 6.92 Å². The van der Waals surface area contributed by atoms with Crippen LogP contribution in [0, 0.1) is 0 Å². The Morgan fingerprint density at radius 2 is 2.50 bits per heavy atom. The summed E-state index contributed by atoms with van der Waals surface area (Å²) in [6.45, 7) is 3.75. The van der Waals surface area contributed by atoms with Crippen LogP contribution in [0.3, 0.4) is 0 Å². The van der Waals surface area contributed by atoms with Gasteiger partial charge in [0.05, 0.1) is 6.61 Å². The number of aliphatic imine (C=N–C) groups is 1. The zero-order chi connectivity index (χ0) is 6.41. The van der Waals surface area contributed by atoms with Crippen molar-refractivity contribution in [2.24, 2.45) is 4.99 Å². The van der Waals surface area contributed by atoms with Crippen molar-refractivity contribution in [1.82, 2.24) is 0 Å². The van der Waals surface area contributed by atoms with Crippen LogP contribution in [0.1, 0.15) is 13.8 Å². The van der Waals surface area contributed by atoms with Crippen LogP contribution in [-0.2, 0) is 9.53 Å². The molecule has 0 aromatic rings. The monoisotopic (exact) mass is 115 g/mol. The zero-order valence-corrected chi connectivity index (χ0v) is 5.05. The van der Waals surface area contributed by atoms with Crippen LogP contribution < -0.4 is 0 Å². The molecule has 0 radical (unpaired) electrons. The maximum atomic E-state index is 10.0. The second-order valence-corrected chi connectivity index (χ2v) is 1.21. The SMILES string of the molecule is CCOC=NC(C)=O. The van der Waals surface area contributed by atoms with Gasteiger partial charge in [-0.3, -0.25) is 4.79 Å². The molecule has 0 fully saturated rings. The summed E-state index contributed by atoms with van der Waals surface area (Å²) in [5.74, 6) is -0.238. The van der Waals surface area contributed by atoms with Crippen LogP contribution in [0.25, 0.3) is 0 Å². The van der Waals surface area contributed by atoms with Crippen molar-refractivity contribution in [2.75, 3.05) is 6.61 Å². The van der Waals surface area contributed by atoms with Crippen molar-refractivity contribution in [3.05, 3.63) is 0 Å². The predicted molar refractivity (Wildman–Crippen MR) is 30.8 cm³/mol. The average Bonchev–Trinajstić information content (AvgIpc) is 1.66. The Morgan fingerprint density at radius 3 is 2.88 bits per heavy atom. The molecule has 46 valence electrons. The molecule has 0 aliphatic rings. The Labute approximate surface area is 48.4 Å². The normalized spacial score (nSPS) is 9.75. The molecular weight excluding hydrogens is 106 g/mol. The zero-order valence-electron chi connectivity index (χ0n) is 5.05. The third-order valence-corrected chi connectivity index (χ3v) is 0.476. The van der Waals surface area contributed by atoms with Crippen molar-refractivity contribution >= 4 is 12.3 Å². The third kappa shape index (κ3) is 5.14. The molecule has 0 saturated heterocycles. The summed E-state index contributed by atoms with van der Waals surface area (Å²) >= 11 is 0. The minimum atomic E-state index is -0.238. The van der Waals surface area contributed by atoms with Gasteiger partial charge >= 0.3 is 0 Å². The lowest BCUT2D eigenvalue weighted by Crippen LogP contribution is -1.88. The Balaban J connectivity index is 3.20. The average molecular weight is 115 g/mol. The Hall–Kier alpha value is -0.860. The predicted octanol–water partition coefficient (Wildman–Crippen LogP) is 0.598. The number of carbonyl (C=O) groups excluding carboxylic acids is 1. The first-order valence-electron chi connectivity index (χ1n) is 2.42. The van der Waals surface area contributed by atoms with Crippen LogP contribution in [0.4, 0.5) is 0 Å². The molecule has 0 rings (SSSR count). The Morgan fingerprint density at radius 1 is 1.88 bits per heavy atom. The molecule has 0 aromatic heterocycles. The standard InChI is InChI=1S/C5H9NO2/c1-3-8-4-6-5(2)7/h4H,3H2,1-2H3. The summed E-state index contributed by atoms with van der Waals surface area (Å²) in [5.41, 5.74) is 0. The van der Waals surface area contributed by atoms with Crippen molar-refractivity contribution < 1.29 is 9.53 Å². The van der Waals surface area contributed by atoms with E-state index in [-0.39, 0.29) is 5.91 Å². The summed E-state index contributed by atoms with van der Waals surface area (Å²) in [4.78, 5) is 13.4. The van der Waals surface area contributed by atoms with Gasteiger partial charge in [-0.1, -0.05) is 0 Å². The maximum Gasteiger partial charge on any atom is 0.245 e. The van der Waals surface area contributed by atoms with Crippen LogP contribution in [0.2, 0.25) is 0 Å². The van der Waals surface area contributed by atoms with Gasteiger partial charge in [0.15, 0.2) is 6.40 Å². The summed E-state index contributed by atoms with van der Waals surface area (Å²) in [6, 6.07) is 0. The van der Waals surface area contributed by atoms with Gasteiger partial charge < -0.3 is 4.74 Å². The van der Waals surface area contributed by atoms with Gasteiger partial charge in [-0.05, 0) is 6.92 Å². The minimum Gasteiger partial charge on any atom is -0.483 e. The second-order valence-electron chi connectivity index (χ2n) is 1.21. The molecule has 3 heteroatoms. The molecular formula is C5H9NO2.